The van der Waals surface area contributed by atoms with E-state index in [9.17, 15) is 10.2 Å². The minimum absolute atomic E-state index is 0.0355. The molecule has 16 heavy (non-hydrogen) atoms. The first-order chi connectivity index (χ1) is 7.74. The van der Waals surface area contributed by atoms with Crippen LogP contribution in [0.1, 0.15) is 11.3 Å². The van der Waals surface area contributed by atoms with Crippen LogP contribution in [0.25, 0.3) is 11.3 Å². The summed E-state index contributed by atoms with van der Waals surface area (Å²) in [6.07, 6.45) is 3.02. The van der Waals surface area contributed by atoms with Gasteiger partial charge in [0, 0.05) is 17.5 Å². The van der Waals surface area contributed by atoms with Crippen LogP contribution >= 0.6 is 0 Å². The fraction of sp³-hybridized carbons (Fsp3) is 0.167. The van der Waals surface area contributed by atoms with Gasteiger partial charge in [0.2, 0.25) is 0 Å². The number of hydrogen-bond donors (Lipinski definition) is 2. The lowest BCUT2D eigenvalue weighted by molar-refractivity contribution is 0.280. The summed E-state index contributed by atoms with van der Waals surface area (Å²) in [4.78, 5) is 8.16. The number of aromatic hydroxyl groups is 1. The molecule has 0 aliphatic rings. The monoisotopic (exact) mass is 216 g/mol. The molecule has 0 unspecified atom stereocenters. The highest BCUT2D eigenvalue weighted by atomic mass is 16.3. The van der Waals surface area contributed by atoms with Crippen molar-refractivity contribution < 1.29 is 10.2 Å². The van der Waals surface area contributed by atoms with Gasteiger partial charge in [0.05, 0.1) is 24.1 Å². The first-order valence-electron chi connectivity index (χ1n) is 4.93. The SMILES string of the molecule is Cc1ncc(O)c(-c2ccccn2)c1CO. The Kier molecular flexibility index (Phi) is 2.83. The minimum Gasteiger partial charge on any atom is -0.506 e. The summed E-state index contributed by atoms with van der Waals surface area (Å²) >= 11 is 0. The van der Waals surface area contributed by atoms with Crippen LogP contribution in [0.3, 0.4) is 0 Å². The second-order valence-electron chi connectivity index (χ2n) is 3.46. The predicted octanol–water partition coefficient (Wildman–Crippen LogP) is 1.65. The van der Waals surface area contributed by atoms with Gasteiger partial charge in [0.15, 0.2) is 0 Å². The molecule has 4 nitrogen and oxygen atoms in total. The molecule has 0 aliphatic heterocycles. The van der Waals surface area contributed by atoms with E-state index in [-0.39, 0.29) is 12.4 Å². The van der Waals surface area contributed by atoms with Crippen LogP contribution in [0.5, 0.6) is 5.75 Å². The summed E-state index contributed by atoms with van der Waals surface area (Å²) in [7, 11) is 0. The highest BCUT2D eigenvalue weighted by Crippen LogP contribution is 2.31. The van der Waals surface area contributed by atoms with E-state index in [0.29, 0.717) is 22.5 Å². The Bertz CT molecular complexity index is 498. The summed E-state index contributed by atoms with van der Waals surface area (Å²) in [5, 5.41) is 19.1. The Labute approximate surface area is 93.2 Å². The Hall–Kier alpha value is -1.94. The van der Waals surface area contributed by atoms with Crippen molar-refractivity contribution in [2.75, 3.05) is 0 Å². The summed E-state index contributed by atoms with van der Waals surface area (Å²) in [6.45, 7) is 1.62. The van der Waals surface area contributed by atoms with Crippen molar-refractivity contribution in [1.29, 1.82) is 0 Å². The normalized spacial score (nSPS) is 10.4. The van der Waals surface area contributed by atoms with Gasteiger partial charge < -0.3 is 10.2 Å². The summed E-state index contributed by atoms with van der Waals surface area (Å²) in [5.74, 6) is 0.0355. The molecule has 0 fully saturated rings. The number of pyridine rings is 2. The lowest BCUT2D eigenvalue weighted by atomic mass is 10.0. The van der Waals surface area contributed by atoms with Crippen LogP contribution in [-0.4, -0.2) is 20.2 Å². The quantitative estimate of drug-likeness (QED) is 0.801. The maximum absolute atomic E-state index is 9.79. The Morgan fingerprint density at radius 1 is 1.25 bits per heavy atom. The third kappa shape index (κ3) is 1.75. The van der Waals surface area contributed by atoms with Gasteiger partial charge in [-0.1, -0.05) is 6.07 Å². The van der Waals surface area contributed by atoms with E-state index in [2.05, 4.69) is 9.97 Å². The third-order valence-electron chi connectivity index (χ3n) is 2.45. The minimum atomic E-state index is -0.168. The molecule has 0 amide bonds. The van der Waals surface area contributed by atoms with Gasteiger partial charge in [-0.15, -0.1) is 0 Å². The zero-order valence-electron chi connectivity index (χ0n) is 8.88. The number of nitrogens with zero attached hydrogens (tertiary/aromatic N) is 2. The molecule has 0 aliphatic carbocycles. The number of hydrogen-bond acceptors (Lipinski definition) is 4. The lowest BCUT2D eigenvalue weighted by Crippen LogP contribution is -1.98. The summed E-state index contributed by atoms with van der Waals surface area (Å²) in [5.41, 5.74) is 2.49. The van der Waals surface area contributed by atoms with E-state index in [0.717, 1.165) is 0 Å². The predicted molar refractivity (Wildman–Crippen MR) is 59.8 cm³/mol. The molecule has 0 spiro atoms. The lowest BCUT2D eigenvalue weighted by Gasteiger charge is -2.10. The van der Waals surface area contributed by atoms with Crippen LogP contribution in [0.4, 0.5) is 0 Å². The number of aliphatic hydroxyl groups excluding tert-OH is 1. The summed E-state index contributed by atoms with van der Waals surface area (Å²) in [6, 6.07) is 5.42. The first kappa shape index (κ1) is 10.6. The zero-order valence-corrected chi connectivity index (χ0v) is 8.88. The smallest absolute Gasteiger partial charge is 0.143 e. The van der Waals surface area contributed by atoms with Gasteiger partial charge in [-0.3, -0.25) is 9.97 Å². The molecule has 2 rings (SSSR count). The van der Waals surface area contributed by atoms with Gasteiger partial charge in [-0.05, 0) is 19.1 Å². The molecule has 0 aromatic carbocycles. The standard InChI is InChI=1S/C12H12N2O2/c1-8-9(7-15)12(11(16)6-14-8)10-4-2-3-5-13-10/h2-6,15-16H,7H2,1H3. The van der Waals surface area contributed by atoms with E-state index < -0.39 is 0 Å². The van der Waals surface area contributed by atoms with Crippen LogP contribution in [0.15, 0.2) is 30.6 Å². The molecular weight excluding hydrogens is 204 g/mol. The van der Waals surface area contributed by atoms with E-state index in [1.54, 1.807) is 25.3 Å². The maximum atomic E-state index is 9.79. The molecule has 0 saturated carbocycles. The van der Waals surface area contributed by atoms with Crippen molar-refractivity contribution in [3.63, 3.8) is 0 Å². The van der Waals surface area contributed by atoms with Gasteiger partial charge in [-0.25, -0.2) is 0 Å². The molecule has 2 aromatic rings. The zero-order chi connectivity index (χ0) is 11.5. The van der Waals surface area contributed by atoms with Gasteiger partial charge >= 0.3 is 0 Å². The Morgan fingerprint density at radius 3 is 2.69 bits per heavy atom. The molecular formula is C12H12N2O2. The van der Waals surface area contributed by atoms with Gasteiger partial charge in [0.25, 0.3) is 0 Å². The van der Waals surface area contributed by atoms with E-state index in [1.807, 2.05) is 6.07 Å². The fourth-order valence-corrected chi connectivity index (χ4v) is 1.63. The van der Waals surface area contributed by atoms with Crippen LogP contribution < -0.4 is 0 Å². The van der Waals surface area contributed by atoms with Crippen molar-refractivity contribution in [2.24, 2.45) is 0 Å². The molecule has 82 valence electrons. The van der Waals surface area contributed by atoms with Gasteiger partial charge in [0.1, 0.15) is 5.75 Å². The molecule has 2 N–H and O–H groups in total. The fourth-order valence-electron chi connectivity index (χ4n) is 1.63. The second kappa shape index (κ2) is 4.28. The largest absolute Gasteiger partial charge is 0.506 e. The molecule has 0 atom stereocenters. The highest BCUT2D eigenvalue weighted by molar-refractivity contribution is 5.70. The average Bonchev–Trinajstić information content (AvgIpc) is 2.33. The van der Waals surface area contributed by atoms with E-state index in [1.165, 1.54) is 6.20 Å². The molecule has 0 saturated heterocycles. The molecule has 0 radical (unpaired) electrons. The molecule has 2 aromatic heterocycles. The van der Waals surface area contributed by atoms with Crippen molar-refractivity contribution in [3.8, 4) is 17.0 Å². The Morgan fingerprint density at radius 2 is 2.06 bits per heavy atom. The second-order valence-corrected chi connectivity index (χ2v) is 3.46. The van der Waals surface area contributed by atoms with Crippen LogP contribution in [0.2, 0.25) is 0 Å². The van der Waals surface area contributed by atoms with Crippen LogP contribution in [0, 0.1) is 6.92 Å². The topological polar surface area (TPSA) is 66.2 Å². The van der Waals surface area contributed by atoms with E-state index >= 15 is 0 Å². The molecule has 0 bridgehead atoms. The van der Waals surface area contributed by atoms with Crippen molar-refractivity contribution in [1.82, 2.24) is 9.97 Å². The number of aromatic nitrogens is 2. The molecule has 2 heterocycles. The highest BCUT2D eigenvalue weighted by Gasteiger charge is 2.13. The number of rotatable bonds is 2. The van der Waals surface area contributed by atoms with Crippen LogP contribution in [-0.2, 0) is 6.61 Å². The Balaban J connectivity index is 2.68. The summed E-state index contributed by atoms with van der Waals surface area (Å²) < 4.78 is 0. The van der Waals surface area contributed by atoms with Crippen molar-refractivity contribution in [2.45, 2.75) is 13.5 Å². The number of aryl methyl sites for hydroxylation is 1. The first-order valence-corrected chi connectivity index (χ1v) is 4.93. The third-order valence-corrected chi connectivity index (χ3v) is 2.45. The van der Waals surface area contributed by atoms with E-state index in [4.69, 9.17) is 0 Å². The maximum Gasteiger partial charge on any atom is 0.143 e. The van der Waals surface area contributed by atoms with Crippen molar-refractivity contribution in [3.05, 3.63) is 41.9 Å². The average molecular weight is 216 g/mol. The number of aliphatic hydroxyl groups is 1. The van der Waals surface area contributed by atoms with Crippen molar-refractivity contribution >= 4 is 0 Å². The molecule has 4 heteroatoms. The van der Waals surface area contributed by atoms with Gasteiger partial charge in [-0.2, -0.15) is 0 Å².